The minimum atomic E-state index is -3.79. The molecule has 1 heterocycles. The highest BCUT2D eigenvalue weighted by Gasteiger charge is 2.14. The molecule has 0 spiro atoms. The molecule has 7 nitrogen and oxygen atoms in total. The van der Waals surface area contributed by atoms with Crippen molar-refractivity contribution in [1.29, 1.82) is 0 Å². The number of hydrogen-bond acceptors (Lipinski definition) is 5. The maximum absolute atomic E-state index is 12.4. The van der Waals surface area contributed by atoms with Gasteiger partial charge in [0.2, 0.25) is 0 Å². The van der Waals surface area contributed by atoms with Gasteiger partial charge in [-0.2, -0.15) is 13.1 Å². The average Bonchev–Trinajstić information content (AvgIpc) is 2.64. The van der Waals surface area contributed by atoms with Crippen molar-refractivity contribution in [2.75, 3.05) is 17.9 Å². The van der Waals surface area contributed by atoms with Crippen molar-refractivity contribution in [3.8, 4) is 0 Å². The van der Waals surface area contributed by atoms with Crippen LogP contribution in [0.3, 0.4) is 0 Å². The minimum Gasteiger partial charge on any atom is -0.423 e. The third kappa shape index (κ3) is 4.71. The van der Waals surface area contributed by atoms with Gasteiger partial charge in [-0.15, -0.1) is 0 Å². The Morgan fingerprint density at radius 3 is 2.71 bits per heavy atom. The smallest absolute Gasteiger partial charge is 0.340 e. The Hall–Kier alpha value is -2.39. The van der Waals surface area contributed by atoms with Gasteiger partial charge < -0.3 is 9.52 Å². The highest BCUT2D eigenvalue weighted by Crippen LogP contribution is 2.25. The predicted octanol–water partition coefficient (Wildman–Crippen LogP) is 2.58. The normalized spacial score (nSPS) is 11.7. The summed E-state index contributed by atoms with van der Waals surface area (Å²) in [5, 5.41) is 10.0. The molecule has 3 aromatic rings. The largest absolute Gasteiger partial charge is 0.423 e. The highest BCUT2D eigenvalue weighted by molar-refractivity contribution is 7.90. The third-order valence-corrected chi connectivity index (χ3v) is 5.54. The number of halogens is 1. The molecule has 0 fully saturated rings. The molecule has 9 heteroatoms. The molecular weight excluding hydrogens is 404 g/mol. The maximum atomic E-state index is 12.4. The van der Waals surface area contributed by atoms with Crippen LogP contribution in [0.1, 0.15) is 16.7 Å². The first-order valence-electron chi connectivity index (χ1n) is 8.48. The molecule has 0 radical (unpaired) electrons. The zero-order valence-electron chi connectivity index (χ0n) is 15.0. The summed E-state index contributed by atoms with van der Waals surface area (Å²) in [5.41, 5.74) is 2.35. The maximum Gasteiger partial charge on any atom is 0.340 e. The van der Waals surface area contributed by atoms with Crippen LogP contribution in [0.4, 0.5) is 5.69 Å². The Labute approximate surface area is 167 Å². The predicted molar refractivity (Wildman–Crippen MR) is 109 cm³/mol. The molecule has 3 rings (SSSR count). The number of nitrogens with one attached hydrogen (secondary N) is 2. The first-order chi connectivity index (χ1) is 13.3. The van der Waals surface area contributed by atoms with Gasteiger partial charge in [-0.3, -0.25) is 4.72 Å². The van der Waals surface area contributed by atoms with Crippen LogP contribution < -0.4 is 15.1 Å². The molecule has 0 aliphatic carbocycles. The summed E-state index contributed by atoms with van der Waals surface area (Å²) in [5.74, 6) is 0. The Balaban J connectivity index is 1.91. The Morgan fingerprint density at radius 2 is 1.96 bits per heavy atom. The van der Waals surface area contributed by atoms with E-state index in [1.165, 1.54) is 0 Å². The fourth-order valence-electron chi connectivity index (χ4n) is 2.89. The molecule has 0 aliphatic heterocycles. The van der Waals surface area contributed by atoms with Gasteiger partial charge >= 0.3 is 5.63 Å². The number of fused-ring (bicyclic) bond motifs is 1. The molecule has 0 atom stereocenters. The summed E-state index contributed by atoms with van der Waals surface area (Å²) < 4.78 is 33.8. The van der Waals surface area contributed by atoms with Gasteiger partial charge in [0.1, 0.15) is 5.58 Å². The van der Waals surface area contributed by atoms with Gasteiger partial charge in [0.15, 0.2) is 0 Å². The quantitative estimate of drug-likeness (QED) is 0.507. The monoisotopic (exact) mass is 422 g/mol. The summed E-state index contributed by atoms with van der Waals surface area (Å²) in [7, 11) is -3.79. The van der Waals surface area contributed by atoms with E-state index in [0.717, 1.165) is 16.5 Å². The molecule has 0 saturated heterocycles. The van der Waals surface area contributed by atoms with Gasteiger partial charge in [0.05, 0.1) is 12.3 Å². The molecule has 0 saturated carbocycles. The van der Waals surface area contributed by atoms with Crippen molar-refractivity contribution in [3.63, 3.8) is 0 Å². The van der Waals surface area contributed by atoms with Crippen molar-refractivity contribution in [2.24, 2.45) is 0 Å². The van der Waals surface area contributed by atoms with Gasteiger partial charge in [0.25, 0.3) is 10.2 Å². The standard InChI is InChI=1S/C19H19ClN2O5S/c1-12-16-11-14(20)5-6-18(16)27-19(24)17(12)10-13-3-2-4-15(9-13)22-28(25,26)21-7-8-23/h2-6,9,11,21-23H,7-8,10H2,1H3. The molecule has 148 valence electrons. The molecule has 1 aromatic heterocycles. The first kappa shape index (κ1) is 20.3. The molecular formula is C19H19ClN2O5S. The summed E-state index contributed by atoms with van der Waals surface area (Å²) in [6, 6.07) is 11.8. The zero-order chi connectivity index (χ0) is 20.3. The lowest BCUT2D eigenvalue weighted by molar-refractivity contribution is 0.301. The first-order valence-corrected chi connectivity index (χ1v) is 10.3. The van der Waals surface area contributed by atoms with Crippen molar-refractivity contribution < 1.29 is 17.9 Å². The van der Waals surface area contributed by atoms with E-state index >= 15 is 0 Å². The molecule has 0 bridgehead atoms. The minimum absolute atomic E-state index is 0.0884. The molecule has 28 heavy (non-hydrogen) atoms. The Morgan fingerprint density at radius 1 is 1.18 bits per heavy atom. The lowest BCUT2D eigenvalue weighted by Gasteiger charge is -2.11. The fourth-order valence-corrected chi connectivity index (χ4v) is 3.93. The van der Waals surface area contributed by atoms with Crippen LogP contribution in [0.2, 0.25) is 5.02 Å². The zero-order valence-corrected chi connectivity index (χ0v) is 16.6. The molecule has 2 aromatic carbocycles. The van der Waals surface area contributed by atoms with Crippen LogP contribution in [0, 0.1) is 6.92 Å². The van der Waals surface area contributed by atoms with Gasteiger partial charge in [-0.25, -0.2) is 4.79 Å². The number of aryl methyl sites for hydroxylation is 1. The van der Waals surface area contributed by atoms with Crippen LogP contribution in [0.15, 0.2) is 51.7 Å². The van der Waals surface area contributed by atoms with Crippen molar-refractivity contribution in [2.45, 2.75) is 13.3 Å². The SMILES string of the molecule is Cc1c(Cc2cccc(NS(=O)(=O)NCCO)c2)c(=O)oc2ccc(Cl)cc12. The van der Waals surface area contributed by atoms with E-state index in [1.54, 1.807) is 42.5 Å². The summed E-state index contributed by atoms with van der Waals surface area (Å²) in [6.45, 7) is 1.44. The van der Waals surface area contributed by atoms with Crippen LogP contribution >= 0.6 is 11.6 Å². The van der Waals surface area contributed by atoms with Crippen molar-refractivity contribution >= 4 is 38.5 Å². The third-order valence-electron chi connectivity index (χ3n) is 4.21. The van der Waals surface area contributed by atoms with Gasteiger partial charge in [-0.05, 0) is 48.4 Å². The van der Waals surface area contributed by atoms with E-state index in [-0.39, 0.29) is 19.6 Å². The van der Waals surface area contributed by atoms with Crippen molar-refractivity contribution in [1.82, 2.24) is 4.72 Å². The summed E-state index contributed by atoms with van der Waals surface area (Å²) in [4.78, 5) is 12.4. The van der Waals surface area contributed by atoms with Gasteiger partial charge in [0, 0.05) is 28.9 Å². The lowest BCUT2D eigenvalue weighted by Crippen LogP contribution is -2.32. The van der Waals surface area contributed by atoms with Crippen LogP contribution in [-0.2, 0) is 16.6 Å². The van der Waals surface area contributed by atoms with Crippen LogP contribution in [0.5, 0.6) is 0 Å². The molecule has 0 amide bonds. The topological polar surface area (TPSA) is 109 Å². The Bertz CT molecular complexity index is 1170. The van der Waals surface area contributed by atoms with Crippen LogP contribution in [-0.4, -0.2) is 26.7 Å². The average molecular weight is 423 g/mol. The van der Waals surface area contributed by atoms with Crippen LogP contribution in [0.25, 0.3) is 11.0 Å². The second-order valence-corrected chi connectivity index (χ2v) is 8.17. The van der Waals surface area contributed by atoms with E-state index in [2.05, 4.69) is 9.44 Å². The number of aliphatic hydroxyl groups is 1. The van der Waals surface area contributed by atoms with E-state index in [4.69, 9.17) is 21.1 Å². The number of aliphatic hydroxyl groups excluding tert-OH is 1. The summed E-state index contributed by atoms with van der Waals surface area (Å²) >= 11 is 6.05. The second-order valence-electron chi connectivity index (χ2n) is 6.23. The van der Waals surface area contributed by atoms with E-state index in [1.807, 2.05) is 6.92 Å². The van der Waals surface area contributed by atoms with E-state index < -0.39 is 15.8 Å². The number of benzene rings is 2. The lowest BCUT2D eigenvalue weighted by atomic mass is 9.99. The van der Waals surface area contributed by atoms with Gasteiger partial charge in [-0.1, -0.05) is 23.7 Å². The van der Waals surface area contributed by atoms with Crippen molar-refractivity contribution in [3.05, 3.63) is 74.6 Å². The van der Waals surface area contributed by atoms with E-state index in [9.17, 15) is 13.2 Å². The molecule has 0 unspecified atom stereocenters. The fraction of sp³-hybridized carbons (Fsp3) is 0.211. The number of rotatable bonds is 7. The number of anilines is 1. The van der Waals surface area contributed by atoms with E-state index in [0.29, 0.717) is 21.9 Å². The highest BCUT2D eigenvalue weighted by atomic mass is 35.5. The molecule has 3 N–H and O–H groups in total. The second kappa shape index (κ2) is 8.32. The Kier molecular flexibility index (Phi) is 6.04. The molecule has 0 aliphatic rings. The summed E-state index contributed by atoms with van der Waals surface area (Å²) in [6.07, 6.45) is 0.274. The number of hydrogen-bond donors (Lipinski definition) is 3.